The molecule has 0 atom stereocenters. The molecule has 3 aromatic carbocycles. The Bertz CT molecular complexity index is 1790. The van der Waals surface area contributed by atoms with Crippen LogP contribution in [0.1, 0.15) is 21.6 Å². The van der Waals surface area contributed by atoms with E-state index in [0.717, 1.165) is 11.3 Å². The minimum Gasteiger partial charge on any atom is -0.454 e. The highest BCUT2D eigenvalue weighted by Gasteiger charge is 2.19. The molecule has 0 bridgehead atoms. The van der Waals surface area contributed by atoms with Gasteiger partial charge in [-0.2, -0.15) is 9.78 Å². The zero-order valence-electron chi connectivity index (χ0n) is 22.7. The van der Waals surface area contributed by atoms with Crippen molar-refractivity contribution in [2.45, 2.75) is 13.3 Å². The Morgan fingerprint density at radius 2 is 1.83 bits per heavy atom. The fourth-order valence-corrected chi connectivity index (χ4v) is 4.40. The van der Waals surface area contributed by atoms with Crippen LogP contribution in [0.3, 0.4) is 0 Å². The summed E-state index contributed by atoms with van der Waals surface area (Å²) in [7, 11) is 0. The quantitative estimate of drug-likeness (QED) is 0.253. The lowest BCUT2D eigenvalue weighted by molar-refractivity contribution is 0.0954. The summed E-state index contributed by atoms with van der Waals surface area (Å²) in [5.41, 5.74) is 3.24. The average molecular weight is 562 g/mol. The van der Waals surface area contributed by atoms with Crippen LogP contribution in [0.25, 0.3) is 5.69 Å². The van der Waals surface area contributed by atoms with Gasteiger partial charge in [-0.15, -0.1) is 0 Å². The monoisotopic (exact) mass is 561 g/mol. The van der Waals surface area contributed by atoms with Crippen LogP contribution in [0, 0.1) is 6.92 Å². The highest BCUT2D eigenvalue weighted by atomic mass is 16.7. The van der Waals surface area contributed by atoms with Crippen LogP contribution in [0.5, 0.6) is 23.0 Å². The third-order valence-electron chi connectivity index (χ3n) is 6.58. The Hall–Kier alpha value is -5.64. The maximum absolute atomic E-state index is 13.8. The predicted molar refractivity (Wildman–Crippen MR) is 157 cm³/mol. The van der Waals surface area contributed by atoms with Gasteiger partial charge in [-0.1, -0.05) is 29.8 Å². The van der Waals surface area contributed by atoms with Crippen molar-refractivity contribution < 1.29 is 19.0 Å². The third-order valence-corrected chi connectivity index (χ3v) is 6.58. The first-order valence-corrected chi connectivity index (χ1v) is 13.4. The topological polar surface area (TPSA) is 117 Å². The summed E-state index contributed by atoms with van der Waals surface area (Å²) in [6.07, 6.45) is 3.81. The van der Waals surface area contributed by atoms with Gasteiger partial charge in [0, 0.05) is 42.2 Å². The van der Waals surface area contributed by atoms with Gasteiger partial charge in [0.05, 0.1) is 11.9 Å². The fourth-order valence-electron chi connectivity index (χ4n) is 4.40. The zero-order chi connectivity index (χ0) is 28.9. The molecule has 0 aliphatic carbocycles. The van der Waals surface area contributed by atoms with Crippen molar-refractivity contribution >= 4 is 17.3 Å². The smallest absolute Gasteiger partial charge is 0.299 e. The first kappa shape index (κ1) is 26.6. The first-order chi connectivity index (χ1) is 20.5. The molecule has 0 unspecified atom stereocenters. The standard InChI is InChI=1S/C32H27N5O5/c1-21-8-10-25(11-9-21)37-32(39)30(29(19-35-37)42-26-12-13-27-28(18-26)41-20-40-27)36-24-7-4-5-22(17-24)31(38)34-16-14-23-6-2-3-15-33-23/h2-13,15,17-19,36H,14,16,20H2,1H3,(H,34,38). The predicted octanol–water partition coefficient (Wildman–Crippen LogP) is 5.17. The van der Waals surface area contributed by atoms with E-state index in [4.69, 9.17) is 14.2 Å². The number of hydrogen-bond acceptors (Lipinski definition) is 8. The summed E-state index contributed by atoms with van der Waals surface area (Å²) in [4.78, 5) is 31.0. The summed E-state index contributed by atoms with van der Waals surface area (Å²) in [6, 6.07) is 25.2. The van der Waals surface area contributed by atoms with E-state index in [1.807, 2.05) is 49.4 Å². The van der Waals surface area contributed by atoms with Gasteiger partial charge < -0.3 is 24.8 Å². The van der Waals surface area contributed by atoms with Crippen molar-refractivity contribution in [2.24, 2.45) is 0 Å². The van der Waals surface area contributed by atoms with Crippen LogP contribution in [0.15, 0.2) is 102 Å². The lowest BCUT2D eigenvalue weighted by atomic mass is 10.1. The molecule has 2 N–H and O–H groups in total. The second-order valence-corrected chi connectivity index (χ2v) is 9.59. The highest BCUT2D eigenvalue weighted by molar-refractivity contribution is 5.95. The van der Waals surface area contributed by atoms with E-state index in [0.29, 0.717) is 47.2 Å². The molecule has 2 aromatic heterocycles. The number of pyridine rings is 1. The van der Waals surface area contributed by atoms with E-state index in [-0.39, 0.29) is 24.1 Å². The number of amides is 1. The van der Waals surface area contributed by atoms with E-state index < -0.39 is 5.56 Å². The molecule has 6 rings (SSSR count). The van der Waals surface area contributed by atoms with Crippen LogP contribution in [0.2, 0.25) is 0 Å². The van der Waals surface area contributed by atoms with Crippen molar-refractivity contribution in [3.63, 3.8) is 0 Å². The van der Waals surface area contributed by atoms with Gasteiger partial charge in [0.25, 0.3) is 11.5 Å². The van der Waals surface area contributed by atoms with Gasteiger partial charge in [0.2, 0.25) is 6.79 Å². The molecule has 5 aromatic rings. The summed E-state index contributed by atoms with van der Waals surface area (Å²) >= 11 is 0. The van der Waals surface area contributed by atoms with Crippen LogP contribution < -0.4 is 30.4 Å². The number of nitrogens with zero attached hydrogens (tertiary/aromatic N) is 3. The van der Waals surface area contributed by atoms with E-state index in [9.17, 15) is 9.59 Å². The third kappa shape index (κ3) is 5.92. The molecule has 210 valence electrons. The number of hydrogen-bond donors (Lipinski definition) is 2. The first-order valence-electron chi connectivity index (χ1n) is 13.4. The Morgan fingerprint density at radius 1 is 0.976 bits per heavy atom. The molecule has 0 radical (unpaired) electrons. The molecule has 3 heterocycles. The fraction of sp³-hybridized carbons (Fsp3) is 0.125. The summed E-state index contributed by atoms with van der Waals surface area (Å²) in [6.45, 7) is 2.54. The number of fused-ring (bicyclic) bond motifs is 1. The van der Waals surface area contributed by atoms with Crippen LogP contribution in [-0.2, 0) is 6.42 Å². The summed E-state index contributed by atoms with van der Waals surface area (Å²) < 4.78 is 18.3. The Morgan fingerprint density at radius 3 is 2.67 bits per heavy atom. The van der Waals surface area contributed by atoms with Crippen LogP contribution in [-0.4, -0.2) is 34.0 Å². The van der Waals surface area contributed by atoms with Crippen molar-refractivity contribution in [3.8, 4) is 28.7 Å². The molecule has 1 aliphatic heterocycles. The minimum atomic E-state index is -0.428. The van der Waals surface area contributed by atoms with E-state index in [2.05, 4.69) is 20.7 Å². The van der Waals surface area contributed by atoms with Gasteiger partial charge in [0.15, 0.2) is 22.9 Å². The molecule has 0 saturated heterocycles. The highest BCUT2D eigenvalue weighted by Crippen LogP contribution is 2.37. The molecule has 1 aliphatic rings. The van der Waals surface area contributed by atoms with Gasteiger partial charge in [-0.25, -0.2) is 0 Å². The van der Waals surface area contributed by atoms with Crippen molar-refractivity contribution in [3.05, 3.63) is 124 Å². The normalized spacial score (nSPS) is 11.6. The molecular weight excluding hydrogens is 534 g/mol. The van der Waals surface area contributed by atoms with Crippen molar-refractivity contribution in [1.82, 2.24) is 20.1 Å². The second-order valence-electron chi connectivity index (χ2n) is 9.59. The molecule has 1 amide bonds. The van der Waals surface area contributed by atoms with Crippen molar-refractivity contribution in [1.29, 1.82) is 0 Å². The number of benzene rings is 3. The molecule has 10 nitrogen and oxygen atoms in total. The van der Waals surface area contributed by atoms with E-state index in [1.54, 1.807) is 48.7 Å². The zero-order valence-corrected chi connectivity index (χ0v) is 22.7. The number of anilines is 2. The van der Waals surface area contributed by atoms with Gasteiger partial charge in [-0.3, -0.25) is 14.6 Å². The van der Waals surface area contributed by atoms with E-state index >= 15 is 0 Å². The Balaban J connectivity index is 1.28. The van der Waals surface area contributed by atoms with Crippen LogP contribution >= 0.6 is 0 Å². The number of carbonyl (C=O) groups is 1. The largest absolute Gasteiger partial charge is 0.454 e. The number of nitrogens with one attached hydrogen (secondary N) is 2. The number of aromatic nitrogens is 3. The van der Waals surface area contributed by atoms with Gasteiger partial charge in [0.1, 0.15) is 5.75 Å². The number of rotatable bonds is 9. The lowest BCUT2D eigenvalue weighted by Crippen LogP contribution is -2.26. The number of carbonyl (C=O) groups excluding carboxylic acids is 1. The number of aryl methyl sites for hydroxylation is 1. The Kier molecular flexibility index (Phi) is 7.50. The van der Waals surface area contributed by atoms with Crippen LogP contribution in [0.4, 0.5) is 11.4 Å². The second kappa shape index (κ2) is 11.8. The maximum atomic E-state index is 13.8. The molecule has 10 heteroatoms. The molecule has 0 spiro atoms. The minimum absolute atomic E-state index is 0.132. The van der Waals surface area contributed by atoms with Gasteiger partial charge in [-0.05, 0) is 61.5 Å². The Labute approximate surface area is 241 Å². The summed E-state index contributed by atoms with van der Waals surface area (Å²) in [5.74, 6) is 1.57. The summed E-state index contributed by atoms with van der Waals surface area (Å²) in [5, 5.41) is 10.5. The van der Waals surface area contributed by atoms with E-state index in [1.165, 1.54) is 10.9 Å². The average Bonchev–Trinajstić information content (AvgIpc) is 3.48. The lowest BCUT2D eigenvalue weighted by Gasteiger charge is -2.15. The molecule has 42 heavy (non-hydrogen) atoms. The maximum Gasteiger partial charge on any atom is 0.299 e. The molecule has 0 saturated carbocycles. The van der Waals surface area contributed by atoms with Gasteiger partial charge >= 0.3 is 0 Å². The van der Waals surface area contributed by atoms with Crippen molar-refractivity contribution in [2.75, 3.05) is 18.7 Å². The molecular formula is C32H27N5O5. The number of ether oxygens (including phenoxy) is 3. The molecule has 0 fully saturated rings. The SMILES string of the molecule is Cc1ccc(-n2ncc(Oc3ccc4c(c3)OCO4)c(Nc3cccc(C(=O)NCCc4ccccn4)c3)c2=O)cc1.